The molecule has 0 fully saturated rings. The van der Waals surface area contributed by atoms with Crippen molar-refractivity contribution in [3.63, 3.8) is 0 Å². The zero-order valence-electron chi connectivity index (χ0n) is 7.80. The molecule has 8 heteroatoms. The highest BCUT2D eigenvalue weighted by atomic mass is 79.9. The molecule has 4 nitrogen and oxygen atoms in total. The Balaban J connectivity index is 3.17. The number of pyridine rings is 1. The fraction of sp³-hybridized carbons (Fsp3) is 0.250. The van der Waals surface area contributed by atoms with Crippen LogP contribution in [0.3, 0.4) is 0 Å². The molecule has 0 atom stereocenters. The molecule has 0 bridgehead atoms. The molecule has 0 aliphatic heterocycles. The number of hydrogen-bond acceptors (Lipinski definition) is 4. The van der Waals surface area contributed by atoms with Crippen molar-refractivity contribution in [1.82, 2.24) is 4.98 Å². The highest BCUT2D eigenvalue weighted by Gasteiger charge is 2.32. The first-order valence-corrected chi connectivity index (χ1v) is 4.57. The fourth-order valence-corrected chi connectivity index (χ4v) is 1.34. The van der Waals surface area contributed by atoms with Gasteiger partial charge in [0.1, 0.15) is 11.6 Å². The van der Waals surface area contributed by atoms with Crippen LogP contribution in [0.15, 0.2) is 10.5 Å². The van der Waals surface area contributed by atoms with Crippen LogP contribution in [0.4, 0.5) is 13.2 Å². The molecule has 0 saturated carbocycles. The number of ether oxygens (including phenoxy) is 2. The molecule has 1 aromatic heterocycles. The first-order chi connectivity index (χ1) is 7.37. The Morgan fingerprint density at radius 3 is 2.56 bits per heavy atom. The molecule has 0 aliphatic rings. The fourth-order valence-electron chi connectivity index (χ4n) is 0.891. The van der Waals surface area contributed by atoms with Crippen LogP contribution >= 0.6 is 15.9 Å². The smallest absolute Gasteiger partial charge is 0.480 e. The van der Waals surface area contributed by atoms with Gasteiger partial charge in [-0.05, 0) is 15.9 Å². The minimum absolute atomic E-state index is 0.00276. The summed E-state index contributed by atoms with van der Waals surface area (Å²) in [5.41, 5.74) is -0.00276. The van der Waals surface area contributed by atoms with Crippen molar-refractivity contribution in [2.24, 2.45) is 0 Å². The SMILES string of the molecule is COc1nc(OC(F)(F)F)cc(Br)c1C#N. The van der Waals surface area contributed by atoms with Gasteiger partial charge in [-0.1, -0.05) is 0 Å². The number of alkyl halides is 3. The standard InChI is InChI=1S/C8H4BrF3N2O2/c1-15-7-4(3-13)5(9)2-6(14-7)16-8(10,11)12/h2H,1H3. The summed E-state index contributed by atoms with van der Waals surface area (Å²) in [5, 5.41) is 8.69. The topological polar surface area (TPSA) is 55.1 Å². The lowest BCUT2D eigenvalue weighted by Crippen LogP contribution is -2.18. The third-order valence-electron chi connectivity index (χ3n) is 1.44. The molecule has 0 aromatic carbocycles. The maximum Gasteiger partial charge on any atom is 0.574 e. The summed E-state index contributed by atoms with van der Waals surface area (Å²) in [7, 11) is 1.19. The van der Waals surface area contributed by atoms with E-state index in [0.717, 1.165) is 6.07 Å². The van der Waals surface area contributed by atoms with Crippen molar-refractivity contribution >= 4 is 15.9 Å². The Labute approximate surface area is 96.7 Å². The molecule has 1 aromatic rings. The predicted octanol–water partition coefficient (Wildman–Crippen LogP) is 2.62. The summed E-state index contributed by atoms with van der Waals surface area (Å²) in [6, 6.07) is 2.67. The molecule has 0 unspecified atom stereocenters. The lowest BCUT2D eigenvalue weighted by atomic mass is 10.3. The van der Waals surface area contributed by atoms with E-state index in [-0.39, 0.29) is 15.9 Å². The van der Waals surface area contributed by atoms with Crippen LogP contribution in [-0.4, -0.2) is 18.5 Å². The summed E-state index contributed by atoms with van der Waals surface area (Å²) in [5.74, 6) is -0.939. The van der Waals surface area contributed by atoms with Gasteiger partial charge in [0.05, 0.1) is 7.11 Å². The minimum Gasteiger partial charge on any atom is -0.480 e. The van der Waals surface area contributed by atoms with E-state index >= 15 is 0 Å². The predicted molar refractivity (Wildman–Crippen MR) is 49.9 cm³/mol. The monoisotopic (exact) mass is 296 g/mol. The molecule has 86 valence electrons. The molecule has 0 amide bonds. The number of aromatic nitrogens is 1. The van der Waals surface area contributed by atoms with Crippen LogP contribution in [0.2, 0.25) is 0 Å². The molecule has 16 heavy (non-hydrogen) atoms. The average molecular weight is 297 g/mol. The van der Waals surface area contributed by atoms with Crippen molar-refractivity contribution in [2.45, 2.75) is 6.36 Å². The number of nitrogens with zero attached hydrogens (tertiary/aromatic N) is 2. The Morgan fingerprint density at radius 2 is 2.12 bits per heavy atom. The molecule has 0 radical (unpaired) electrons. The van der Waals surface area contributed by atoms with E-state index in [2.05, 4.69) is 30.4 Å². The number of methoxy groups -OCH3 is 1. The summed E-state index contributed by atoms with van der Waals surface area (Å²) in [4.78, 5) is 3.39. The van der Waals surface area contributed by atoms with Crippen LogP contribution in [0, 0.1) is 11.3 Å². The third-order valence-corrected chi connectivity index (χ3v) is 2.07. The summed E-state index contributed by atoms with van der Waals surface area (Å²) < 4.78 is 44.1. The second-order valence-electron chi connectivity index (χ2n) is 2.49. The number of nitriles is 1. The molecule has 0 N–H and O–H groups in total. The van der Waals surface area contributed by atoms with E-state index in [9.17, 15) is 13.2 Å². The molecule has 1 rings (SSSR count). The Kier molecular flexibility index (Phi) is 3.59. The summed E-state index contributed by atoms with van der Waals surface area (Å²) in [6.07, 6.45) is -4.84. The van der Waals surface area contributed by atoms with Crippen LogP contribution in [0.25, 0.3) is 0 Å². The van der Waals surface area contributed by atoms with Crippen molar-refractivity contribution in [2.75, 3.05) is 7.11 Å². The van der Waals surface area contributed by atoms with E-state index in [1.54, 1.807) is 6.07 Å². The van der Waals surface area contributed by atoms with E-state index in [0.29, 0.717) is 0 Å². The van der Waals surface area contributed by atoms with Crippen LogP contribution in [0.1, 0.15) is 5.56 Å². The zero-order valence-corrected chi connectivity index (χ0v) is 9.39. The normalized spacial score (nSPS) is 10.8. The lowest BCUT2D eigenvalue weighted by molar-refractivity contribution is -0.276. The van der Waals surface area contributed by atoms with Gasteiger partial charge in [-0.25, -0.2) is 0 Å². The van der Waals surface area contributed by atoms with Crippen LogP contribution < -0.4 is 9.47 Å². The Morgan fingerprint density at radius 1 is 1.50 bits per heavy atom. The highest BCUT2D eigenvalue weighted by Crippen LogP contribution is 2.30. The van der Waals surface area contributed by atoms with Crippen LogP contribution in [0.5, 0.6) is 11.8 Å². The van der Waals surface area contributed by atoms with Gasteiger partial charge in [-0.2, -0.15) is 10.2 Å². The molecule has 0 aliphatic carbocycles. The zero-order chi connectivity index (χ0) is 12.3. The van der Waals surface area contributed by atoms with E-state index < -0.39 is 12.2 Å². The van der Waals surface area contributed by atoms with Gasteiger partial charge in [0.25, 0.3) is 0 Å². The van der Waals surface area contributed by atoms with E-state index in [1.807, 2.05) is 0 Å². The van der Waals surface area contributed by atoms with Gasteiger partial charge in [0.2, 0.25) is 11.8 Å². The third kappa shape index (κ3) is 3.00. The molecular formula is C8H4BrF3N2O2. The van der Waals surface area contributed by atoms with Crippen molar-refractivity contribution < 1.29 is 22.6 Å². The lowest BCUT2D eigenvalue weighted by Gasteiger charge is -2.10. The average Bonchev–Trinajstić information content (AvgIpc) is 2.14. The first-order valence-electron chi connectivity index (χ1n) is 3.77. The van der Waals surface area contributed by atoms with Gasteiger partial charge in [-0.3, -0.25) is 0 Å². The highest BCUT2D eigenvalue weighted by molar-refractivity contribution is 9.10. The first kappa shape index (κ1) is 12.6. The van der Waals surface area contributed by atoms with Gasteiger partial charge in [0.15, 0.2) is 0 Å². The van der Waals surface area contributed by atoms with Gasteiger partial charge in [-0.15, -0.1) is 13.2 Å². The Bertz CT molecular complexity index is 442. The maximum absolute atomic E-state index is 11.9. The largest absolute Gasteiger partial charge is 0.574 e. The van der Waals surface area contributed by atoms with Crippen molar-refractivity contribution in [3.8, 4) is 17.8 Å². The van der Waals surface area contributed by atoms with Crippen molar-refractivity contribution in [3.05, 3.63) is 16.1 Å². The van der Waals surface area contributed by atoms with Crippen molar-refractivity contribution in [1.29, 1.82) is 5.26 Å². The van der Waals surface area contributed by atoms with Gasteiger partial charge < -0.3 is 9.47 Å². The minimum atomic E-state index is -4.84. The molecule has 0 spiro atoms. The molecule has 0 saturated heterocycles. The van der Waals surface area contributed by atoms with Crippen LogP contribution in [-0.2, 0) is 0 Å². The molecule has 1 heterocycles. The maximum atomic E-state index is 11.9. The second-order valence-corrected chi connectivity index (χ2v) is 3.34. The number of halogens is 4. The quantitative estimate of drug-likeness (QED) is 0.842. The van der Waals surface area contributed by atoms with Gasteiger partial charge >= 0.3 is 6.36 Å². The van der Waals surface area contributed by atoms with Gasteiger partial charge in [0, 0.05) is 10.5 Å². The summed E-state index contributed by atoms with van der Waals surface area (Å²) >= 11 is 2.92. The second kappa shape index (κ2) is 4.57. The summed E-state index contributed by atoms with van der Waals surface area (Å²) in [6.45, 7) is 0. The number of hydrogen-bond donors (Lipinski definition) is 0. The molecular weight excluding hydrogens is 293 g/mol. The Hall–Kier alpha value is -1.49. The number of rotatable bonds is 2. The van der Waals surface area contributed by atoms with E-state index in [1.165, 1.54) is 7.11 Å². The van der Waals surface area contributed by atoms with E-state index in [4.69, 9.17) is 5.26 Å².